The number of benzene rings is 2. The molecule has 11 heteroatoms. The van der Waals surface area contributed by atoms with Gasteiger partial charge in [-0.3, -0.25) is 14.4 Å². The number of rotatable bonds is 6. The maximum atomic E-state index is 12.7. The molecule has 158 valence electrons. The van der Waals surface area contributed by atoms with Gasteiger partial charge >= 0.3 is 11.9 Å². The summed E-state index contributed by atoms with van der Waals surface area (Å²) in [5.41, 5.74) is 0.380. The fourth-order valence-electron chi connectivity index (χ4n) is 2.41. The molecular formula is C19H20N4O6S. The molecule has 0 aliphatic heterocycles. The summed E-state index contributed by atoms with van der Waals surface area (Å²) >= 11 is 0. The molecule has 2 aromatic carbocycles. The zero-order valence-electron chi connectivity index (χ0n) is 16.2. The number of carbonyl (C=O) groups excluding carboxylic acids is 4. The quantitative estimate of drug-likeness (QED) is 0.269. The Morgan fingerprint density at radius 1 is 1.03 bits per heavy atom. The number of hydrogen-bond acceptors (Lipinski definition) is 7. The number of carbonyl (C=O) groups is 4. The van der Waals surface area contributed by atoms with E-state index in [1.54, 1.807) is 42.0 Å². The number of anilines is 1. The summed E-state index contributed by atoms with van der Waals surface area (Å²) in [5.74, 6) is 2.06. The van der Waals surface area contributed by atoms with E-state index in [0.717, 1.165) is 6.07 Å². The lowest BCUT2D eigenvalue weighted by atomic mass is 10.1. The molecule has 0 atom stereocenters. The van der Waals surface area contributed by atoms with Gasteiger partial charge < -0.3 is 5.32 Å². The number of hydrazine groups is 1. The molecule has 0 spiro atoms. The molecule has 0 radical (unpaired) electrons. The lowest BCUT2D eigenvalue weighted by molar-refractivity contribution is -0.142. The molecular weight excluding hydrogens is 412 g/mol. The Balaban J connectivity index is 2.34. The van der Waals surface area contributed by atoms with Crippen LogP contribution in [0.2, 0.25) is 0 Å². The largest absolute Gasteiger partial charge is 0.333 e. The summed E-state index contributed by atoms with van der Waals surface area (Å²) < 4.78 is 27.2. The molecule has 0 saturated carbocycles. The zero-order valence-corrected chi connectivity index (χ0v) is 17.0. The van der Waals surface area contributed by atoms with Crippen LogP contribution in [0.4, 0.5) is 10.5 Å². The molecule has 2 aromatic rings. The molecule has 0 fully saturated rings. The van der Waals surface area contributed by atoms with E-state index in [-0.39, 0.29) is 11.4 Å². The van der Waals surface area contributed by atoms with Crippen molar-refractivity contribution in [3.8, 4) is 0 Å². The number of aryl methyl sites for hydroxylation is 1. The fraction of sp³-hybridized carbons (Fsp3) is 0.158. The van der Waals surface area contributed by atoms with Crippen LogP contribution in [0.3, 0.4) is 0 Å². The van der Waals surface area contributed by atoms with Gasteiger partial charge in [0.15, 0.2) is 0 Å². The smallest absolute Gasteiger partial charge is 0.307 e. The van der Waals surface area contributed by atoms with Gasteiger partial charge in [-0.15, -0.1) is 0 Å². The number of amides is 4. The van der Waals surface area contributed by atoms with Gasteiger partial charge in [-0.2, -0.15) is 0 Å². The lowest BCUT2D eigenvalue weighted by Gasteiger charge is -2.17. The summed E-state index contributed by atoms with van der Waals surface area (Å²) in [6.45, 7) is 3.00. The van der Waals surface area contributed by atoms with Crippen molar-refractivity contribution in [2.45, 2.75) is 25.2 Å². The van der Waals surface area contributed by atoms with E-state index in [4.69, 9.17) is 5.84 Å². The van der Waals surface area contributed by atoms with Crippen LogP contribution in [-0.2, 0) is 19.6 Å². The molecule has 0 saturated heterocycles. The van der Waals surface area contributed by atoms with Gasteiger partial charge in [0, 0.05) is 12.1 Å². The van der Waals surface area contributed by atoms with Crippen LogP contribution in [0.1, 0.15) is 29.3 Å². The van der Waals surface area contributed by atoms with E-state index in [1.807, 2.05) is 0 Å². The number of ketones is 1. The van der Waals surface area contributed by atoms with Crippen molar-refractivity contribution in [2.75, 3.05) is 5.32 Å². The molecule has 10 nitrogen and oxygen atoms in total. The summed E-state index contributed by atoms with van der Waals surface area (Å²) in [5, 5.41) is 2.40. The van der Waals surface area contributed by atoms with Crippen LogP contribution in [0.5, 0.6) is 0 Å². The van der Waals surface area contributed by atoms with Gasteiger partial charge in [-0.05, 0) is 31.2 Å². The third-order valence-electron chi connectivity index (χ3n) is 3.91. The standard InChI is InChI=1S/C19H20N4O6S/c1-3-15(24)18(26)23(20)17(25)14-11-12(2)9-10-16(14)30(28,29)22-19(27)21-13-7-5-4-6-8-13/h4-11H,3,20H2,1-2H3,(H2,21,22,27). The van der Waals surface area contributed by atoms with Gasteiger partial charge in [0.25, 0.3) is 15.9 Å². The Morgan fingerprint density at radius 3 is 2.27 bits per heavy atom. The van der Waals surface area contributed by atoms with Gasteiger partial charge in [-0.25, -0.2) is 28.8 Å². The predicted octanol–water partition coefficient (Wildman–Crippen LogP) is 1.33. The first-order valence-electron chi connectivity index (χ1n) is 8.72. The molecule has 0 unspecified atom stereocenters. The first kappa shape index (κ1) is 22.7. The van der Waals surface area contributed by atoms with Crippen LogP contribution in [0.25, 0.3) is 0 Å². The van der Waals surface area contributed by atoms with E-state index in [2.05, 4.69) is 5.32 Å². The molecule has 0 aliphatic rings. The molecule has 0 bridgehead atoms. The highest BCUT2D eigenvalue weighted by Crippen LogP contribution is 2.19. The van der Waals surface area contributed by atoms with Gasteiger partial charge in [0.05, 0.1) is 5.56 Å². The minimum absolute atomic E-state index is 0.0592. The third-order valence-corrected chi connectivity index (χ3v) is 5.30. The number of Topliss-reactive ketones (excluding diaryl/α,β-unsaturated/α-hetero) is 1. The molecule has 0 aliphatic carbocycles. The second-order valence-corrected chi connectivity index (χ2v) is 7.83. The number of imide groups is 1. The lowest BCUT2D eigenvalue weighted by Crippen LogP contribution is -2.46. The Bertz CT molecular complexity index is 1100. The number of nitrogens with two attached hydrogens (primary N) is 1. The van der Waals surface area contributed by atoms with Crippen LogP contribution in [0.15, 0.2) is 53.4 Å². The van der Waals surface area contributed by atoms with E-state index in [9.17, 15) is 27.6 Å². The van der Waals surface area contributed by atoms with Crippen molar-refractivity contribution in [3.63, 3.8) is 0 Å². The molecule has 0 heterocycles. The van der Waals surface area contributed by atoms with Gasteiger partial charge in [0.1, 0.15) is 4.90 Å². The average molecular weight is 432 g/mol. The van der Waals surface area contributed by atoms with Crippen molar-refractivity contribution < 1.29 is 27.6 Å². The minimum atomic E-state index is -4.52. The summed E-state index contributed by atoms with van der Waals surface area (Å²) in [4.78, 5) is 47.6. The van der Waals surface area contributed by atoms with E-state index < -0.39 is 44.1 Å². The number of nitrogens with one attached hydrogen (secondary N) is 2. The van der Waals surface area contributed by atoms with Crippen molar-refractivity contribution in [1.82, 2.24) is 9.73 Å². The van der Waals surface area contributed by atoms with Crippen LogP contribution < -0.4 is 15.9 Å². The molecule has 4 N–H and O–H groups in total. The van der Waals surface area contributed by atoms with Crippen molar-refractivity contribution in [2.24, 2.45) is 5.84 Å². The fourth-order valence-corrected chi connectivity index (χ4v) is 3.50. The third kappa shape index (κ3) is 5.27. The number of sulfonamides is 1. The number of urea groups is 1. The van der Waals surface area contributed by atoms with Crippen LogP contribution in [0, 0.1) is 6.92 Å². The first-order chi connectivity index (χ1) is 14.1. The van der Waals surface area contributed by atoms with E-state index in [1.165, 1.54) is 19.1 Å². The van der Waals surface area contributed by atoms with Crippen molar-refractivity contribution >= 4 is 39.3 Å². The Labute approximate surface area is 173 Å². The Kier molecular flexibility index (Phi) is 7.03. The Hall–Kier alpha value is -3.57. The summed E-state index contributed by atoms with van der Waals surface area (Å²) in [6.07, 6.45) is -0.181. The number of hydrogen-bond donors (Lipinski definition) is 3. The maximum Gasteiger partial charge on any atom is 0.333 e. The maximum absolute atomic E-state index is 12.7. The number of nitrogens with zero attached hydrogens (tertiary/aromatic N) is 1. The zero-order chi connectivity index (χ0) is 22.5. The highest BCUT2D eigenvalue weighted by atomic mass is 32.2. The summed E-state index contributed by atoms with van der Waals surface area (Å²) in [6, 6.07) is 10.7. The molecule has 30 heavy (non-hydrogen) atoms. The van der Waals surface area contributed by atoms with Gasteiger partial charge in [0.2, 0.25) is 5.78 Å². The van der Waals surface area contributed by atoms with Crippen LogP contribution in [-0.4, -0.2) is 37.1 Å². The highest BCUT2D eigenvalue weighted by molar-refractivity contribution is 7.90. The molecule has 0 aromatic heterocycles. The normalized spacial score (nSPS) is 10.8. The van der Waals surface area contributed by atoms with Gasteiger partial charge in [-0.1, -0.05) is 36.8 Å². The predicted molar refractivity (Wildman–Crippen MR) is 108 cm³/mol. The Morgan fingerprint density at radius 2 is 1.67 bits per heavy atom. The second-order valence-electron chi connectivity index (χ2n) is 6.18. The number of para-hydroxylation sites is 1. The second kappa shape index (κ2) is 9.29. The molecule has 2 rings (SSSR count). The monoisotopic (exact) mass is 432 g/mol. The molecule has 4 amide bonds. The summed E-state index contributed by atoms with van der Waals surface area (Å²) in [7, 11) is -4.52. The van der Waals surface area contributed by atoms with Crippen LogP contribution >= 0.6 is 0 Å². The SMILES string of the molecule is CCC(=O)C(=O)N(N)C(=O)c1cc(C)ccc1S(=O)(=O)NC(=O)Nc1ccccc1. The van der Waals surface area contributed by atoms with Crippen molar-refractivity contribution in [3.05, 3.63) is 59.7 Å². The average Bonchev–Trinajstić information content (AvgIpc) is 2.71. The first-order valence-corrected chi connectivity index (χ1v) is 10.2. The highest BCUT2D eigenvalue weighted by Gasteiger charge is 2.30. The van der Waals surface area contributed by atoms with E-state index in [0.29, 0.717) is 11.3 Å². The minimum Gasteiger partial charge on any atom is -0.307 e. The topological polar surface area (TPSA) is 156 Å². The van der Waals surface area contributed by atoms with E-state index >= 15 is 0 Å². The van der Waals surface area contributed by atoms with Crippen molar-refractivity contribution in [1.29, 1.82) is 0 Å².